The van der Waals surface area contributed by atoms with Gasteiger partial charge in [-0.25, -0.2) is 9.97 Å². The summed E-state index contributed by atoms with van der Waals surface area (Å²) in [5, 5.41) is 3.69. The number of carbonyl (C=O) groups excluding carboxylic acids is 1. The zero-order valence-corrected chi connectivity index (χ0v) is 14.9. The van der Waals surface area contributed by atoms with Gasteiger partial charge in [-0.15, -0.1) is 0 Å². The van der Waals surface area contributed by atoms with Gasteiger partial charge in [-0.3, -0.25) is 4.79 Å². The van der Waals surface area contributed by atoms with Gasteiger partial charge in [0.05, 0.1) is 0 Å². The van der Waals surface area contributed by atoms with Gasteiger partial charge in [0.2, 0.25) is 5.95 Å². The van der Waals surface area contributed by atoms with E-state index in [1.54, 1.807) is 30.6 Å². The number of aromatic nitrogens is 2. The summed E-state index contributed by atoms with van der Waals surface area (Å²) in [6.45, 7) is 3.49. The Kier molecular flexibility index (Phi) is 5.71. The normalized spacial score (nSPS) is 17.2. The van der Waals surface area contributed by atoms with Gasteiger partial charge in [0.25, 0.3) is 5.91 Å². The third-order valence-corrected chi connectivity index (χ3v) is 4.35. The lowest BCUT2D eigenvalue weighted by Crippen LogP contribution is -2.49. The zero-order valence-electron chi connectivity index (χ0n) is 14.1. The van der Waals surface area contributed by atoms with Crippen LogP contribution >= 0.6 is 11.6 Å². The molecule has 1 aromatic heterocycles. The minimum atomic E-state index is -0.129. The van der Waals surface area contributed by atoms with Crippen molar-refractivity contribution in [1.82, 2.24) is 15.3 Å². The molecule has 0 spiro atoms. The van der Waals surface area contributed by atoms with Crippen molar-refractivity contribution in [1.29, 1.82) is 0 Å². The van der Waals surface area contributed by atoms with Crippen LogP contribution in [0.15, 0.2) is 36.7 Å². The molecule has 1 aromatic carbocycles. The predicted molar refractivity (Wildman–Crippen MR) is 97.1 cm³/mol. The Hall–Kier alpha value is -2.34. The van der Waals surface area contributed by atoms with Gasteiger partial charge in [-0.05, 0) is 49.6 Å². The molecule has 2 heterocycles. The fourth-order valence-electron chi connectivity index (χ4n) is 2.92. The molecule has 7 heteroatoms. The Balaban J connectivity index is 1.50. The molecule has 1 N–H and O–H groups in total. The largest absolute Gasteiger partial charge is 0.484 e. The number of carbonyl (C=O) groups is 1. The average molecular weight is 361 g/mol. The molecule has 1 aliphatic heterocycles. The first-order valence-electron chi connectivity index (χ1n) is 8.32. The molecule has 132 valence electrons. The van der Waals surface area contributed by atoms with E-state index in [1.807, 2.05) is 13.0 Å². The first-order chi connectivity index (χ1) is 12.1. The second kappa shape index (κ2) is 8.16. The van der Waals surface area contributed by atoms with Crippen LogP contribution in [0.2, 0.25) is 5.02 Å². The molecule has 3 rings (SSSR count). The van der Waals surface area contributed by atoms with E-state index in [4.69, 9.17) is 16.3 Å². The fraction of sp³-hybridized carbons (Fsp3) is 0.389. The number of aryl methyl sites for hydroxylation is 1. The molecule has 6 nitrogen and oxygen atoms in total. The molecule has 1 aliphatic rings. The Bertz CT molecular complexity index is 726. The third kappa shape index (κ3) is 4.82. The van der Waals surface area contributed by atoms with Crippen LogP contribution in [0.3, 0.4) is 0 Å². The molecule has 0 aliphatic carbocycles. The van der Waals surface area contributed by atoms with Gasteiger partial charge >= 0.3 is 0 Å². The average Bonchev–Trinajstić information content (AvgIpc) is 2.62. The Morgan fingerprint density at radius 1 is 1.40 bits per heavy atom. The van der Waals surface area contributed by atoms with Crippen LogP contribution in [0.25, 0.3) is 0 Å². The highest BCUT2D eigenvalue weighted by Crippen LogP contribution is 2.21. The van der Waals surface area contributed by atoms with Crippen LogP contribution in [-0.2, 0) is 4.79 Å². The summed E-state index contributed by atoms with van der Waals surface area (Å²) >= 11 is 5.92. The number of hydrogen-bond donors (Lipinski definition) is 1. The molecular formula is C18H21ClN4O2. The molecule has 25 heavy (non-hydrogen) atoms. The molecule has 1 atom stereocenters. The van der Waals surface area contributed by atoms with Crippen molar-refractivity contribution in [3.63, 3.8) is 0 Å². The van der Waals surface area contributed by atoms with Gasteiger partial charge in [0.1, 0.15) is 5.75 Å². The van der Waals surface area contributed by atoms with Gasteiger partial charge < -0.3 is 15.0 Å². The second-order valence-electron chi connectivity index (χ2n) is 6.10. The topological polar surface area (TPSA) is 67.3 Å². The summed E-state index contributed by atoms with van der Waals surface area (Å²) in [5.74, 6) is 1.24. The van der Waals surface area contributed by atoms with Crippen molar-refractivity contribution in [2.45, 2.75) is 25.8 Å². The first kappa shape index (κ1) is 17.5. The molecule has 1 fully saturated rings. The number of nitrogens with one attached hydrogen (secondary N) is 1. The number of piperidine rings is 1. The highest BCUT2D eigenvalue weighted by molar-refractivity contribution is 6.30. The van der Waals surface area contributed by atoms with E-state index in [1.165, 1.54) is 0 Å². The minimum absolute atomic E-state index is 0.0131. The highest BCUT2D eigenvalue weighted by Gasteiger charge is 2.23. The molecule has 0 bridgehead atoms. The van der Waals surface area contributed by atoms with Crippen molar-refractivity contribution in [3.8, 4) is 5.75 Å². The van der Waals surface area contributed by atoms with Crippen molar-refractivity contribution in [2.75, 3.05) is 24.6 Å². The Labute approximate surface area is 152 Å². The van der Waals surface area contributed by atoms with E-state index in [9.17, 15) is 4.79 Å². The lowest BCUT2D eigenvalue weighted by molar-refractivity contribution is -0.123. The molecule has 0 saturated carbocycles. The summed E-state index contributed by atoms with van der Waals surface area (Å²) in [6.07, 6.45) is 5.38. The highest BCUT2D eigenvalue weighted by atomic mass is 35.5. The lowest BCUT2D eigenvalue weighted by Gasteiger charge is -2.33. The van der Waals surface area contributed by atoms with Gasteiger partial charge in [-0.1, -0.05) is 11.6 Å². The van der Waals surface area contributed by atoms with Crippen molar-refractivity contribution in [2.24, 2.45) is 0 Å². The standard InChI is InChI=1S/C18H21ClN4O2/c1-13-10-14(19)5-6-16(13)25-12-17(24)22-15-4-2-9-23(11-15)18-20-7-3-8-21-18/h3,5-8,10,15H,2,4,9,11-12H2,1H3,(H,22,24). The minimum Gasteiger partial charge on any atom is -0.484 e. The lowest BCUT2D eigenvalue weighted by atomic mass is 10.1. The Morgan fingerprint density at radius 2 is 2.20 bits per heavy atom. The zero-order chi connectivity index (χ0) is 17.6. The molecule has 1 amide bonds. The van der Waals surface area contributed by atoms with E-state index >= 15 is 0 Å². The summed E-state index contributed by atoms with van der Waals surface area (Å²) in [5.41, 5.74) is 0.908. The van der Waals surface area contributed by atoms with Crippen LogP contribution in [-0.4, -0.2) is 41.6 Å². The quantitative estimate of drug-likeness (QED) is 0.887. The molecule has 1 saturated heterocycles. The van der Waals surface area contributed by atoms with Crippen LogP contribution in [0.5, 0.6) is 5.75 Å². The summed E-state index contributed by atoms with van der Waals surface area (Å²) < 4.78 is 5.60. The maximum atomic E-state index is 12.2. The van der Waals surface area contributed by atoms with E-state index in [2.05, 4.69) is 20.2 Å². The van der Waals surface area contributed by atoms with Crippen LogP contribution < -0.4 is 15.0 Å². The molecule has 2 aromatic rings. The van der Waals surface area contributed by atoms with Gasteiger partial charge in [0, 0.05) is 36.5 Å². The van der Waals surface area contributed by atoms with Crippen molar-refractivity contribution in [3.05, 3.63) is 47.2 Å². The maximum Gasteiger partial charge on any atom is 0.258 e. The number of nitrogens with zero attached hydrogens (tertiary/aromatic N) is 3. The Morgan fingerprint density at radius 3 is 2.96 bits per heavy atom. The van der Waals surface area contributed by atoms with E-state index in [-0.39, 0.29) is 18.6 Å². The predicted octanol–water partition coefficient (Wildman–Crippen LogP) is 2.60. The van der Waals surface area contributed by atoms with E-state index in [0.717, 1.165) is 24.9 Å². The number of anilines is 1. The van der Waals surface area contributed by atoms with Crippen molar-refractivity contribution >= 4 is 23.5 Å². The third-order valence-electron chi connectivity index (χ3n) is 4.12. The monoisotopic (exact) mass is 360 g/mol. The summed E-state index contributed by atoms with van der Waals surface area (Å²) in [6, 6.07) is 7.21. The van der Waals surface area contributed by atoms with E-state index < -0.39 is 0 Å². The number of halogens is 1. The number of amides is 1. The van der Waals surface area contributed by atoms with Gasteiger partial charge in [-0.2, -0.15) is 0 Å². The number of ether oxygens (including phenoxy) is 1. The van der Waals surface area contributed by atoms with Crippen LogP contribution in [0, 0.1) is 6.92 Å². The number of hydrogen-bond acceptors (Lipinski definition) is 5. The van der Waals surface area contributed by atoms with Crippen LogP contribution in [0.4, 0.5) is 5.95 Å². The van der Waals surface area contributed by atoms with Crippen LogP contribution in [0.1, 0.15) is 18.4 Å². The molecular weight excluding hydrogens is 340 g/mol. The second-order valence-corrected chi connectivity index (χ2v) is 6.54. The summed E-state index contributed by atoms with van der Waals surface area (Å²) in [7, 11) is 0. The molecule has 0 radical (unpaired) electrons. The molecule has 1 unspecified atom stereocenters. The number of benzene rings is 1. The first-order valence-corrected chi connectivity index (χ1v) is 8.70. The van der Waals surface area contributed by atoms with E-state index in [0.29, 0.717) is 23.3 Å². The summed E-state index contributed by atoms with van der Waals surface area (Å²) in [4.78, 5) is 22.8. The SMILES string of the molecule is Cc1cc(Cl)ccc1OCC(=O)NC1CCCN(c2ncccn2)C1. The van der Waals surface area contributed by atoms with Crippen molar-refractivity contribution < 1.29 is 9.53 Å². The fourth-order valence-corrected chi connectivity index (χ4v) is 3.15. The maximum absolute atomic E-state index is 12.2. The smallest absolute Gasteiger partial charge is 0.258 e. The van der Waals surface area contributed by atoms with Gasteiger partial charge in [0.15, 0.2) is 6.61 Å². The number of rotatable bonds is 5.